The molecule has 27 heavy (non-hydrogen) atoms. The lowest BCUT2D eigenvalue weighted by Gasteiger charge is -2.29. The summed E-state index contributed by atoms with van der Waals surface area (Å²) in [5.74, 6) is 0.958. The first-order chi connectivity index (χ1) is 12.4. The molecule has 1 aromatic carbocycles. The van der Waals surface area contributed by atoms with Crippen molar-refractivity contribution in [1.82, 2.24) is 15.5 Å². The van der Waals surface area contributed by atoms with Crippen LogP contribution in [0.5, 0.6) is 0 Å². The van der Waals surface area contributed by atoms with Crippen molar-refractivity contribution in [2.45, 2.75) is 45.3 Å². The van der Waals surface area contributed by atoms with E-state index in [9.17, 15) is 4.79 Å². The van der Waals surface area contributed by atoms with E-state index in [1.165, 1.54) is 11.1 Å². The van der Waals surface area contributed by atoms with E-state index >= 15 is 0 Å². The summed E-state index contributed by atoms with van der Waals surface area (Å²) in [5.41, 5.74) is 2.39. The number of rotatable bonds is 7. The minimum Gasteiger partial charge on any atom is -0.377 e. The van der Waals surface area contributed by atoms with Crippen molar-refractivity contribution in [3.8, 4) is 0 Å². The second kappa shape index (κ2) is 11.5. The molecule has 1 aliphatic rings. The molecule has 0 saturated heterocycles. The quantitative estimate of drug-likeness (QED) is 0.268. The SMILES string of the molecule is CN=C(NCCCC(=O)N1CCc2ccccc2C1)NCC(C)(C)OC.I. The maximum absolute atomic E-state index is 12.5. The normalized spacial score (nSPS) is 14.2. The van der Waals surface area contributed by atoms with E-state index in [0.717, 1.165) is 31.9 Å². The van der Waals surface area contributed by atoms with E-state index in [-0.39, 0.29) is 35.5 Å². The van der Waals surface area contributed by atoms with Crippen LogP contribution >= 0.6 is 24.0 Å². The number of nitrogens with zero attached hydrogens (tertiary/aromatic N) is 2. The second-order valence-corrected chi connectivity index (χ2v) is 7.25. The summed E-state index contributed by atoms with van der Waals surface area (Å²) in [4.78, 5) is 18.6. The number of amides is 1. The Bertz CT molecular complexity index is 634. The summed E-state index contributed by atoms with van der Waals surface area (Å²) in [5, 5.41) is 6.49. The molecule has 7 heteroatoms. The number of hydrogen-bond acceptors (Lipinski definition) is 3. The number of carbonyl (C=O) groups excluding carboxylic acids is 1. The van der Waals surface area contributed by atoms with Crippen LogP contribution in [0, 0.1) is 0 Å². The van der Waals surface area contributed by atoms with Gasteiger partial charge in [-0.1, -0.05) is 24.3 Å². The van der Waals surface area contributed by atoms with E-state index in [4.69, 9.17) is 4.74 Å². The first-order valence-corrected chi connectivity index (χ1v) is 9.29. The van der Waals surface area contributed by atoms with Gasteiger partial charge in [0.25, 0.3) is 0 Å². The summed E-state index contributed by atoms with van der Waals surface area (Å²) in [7, 11) is 3.44. The van der Waals surface area contributed by atoms with Gasteiger partial charge < -0.3 is 20.3 Å². The van der Waals surface area contributed by atoms with Gasteiger partial charge in [0.05, 0.1) is 5.60 Å². The summed E-state index contributed by atoms with van der Waals surface area (Å²) in [6, 6.07) is 8.38. The van der Waals surface area contributed by atoms with Gasteiger partial charge in [0, 0.05) is 46.8 Å². The minimum atomic E-state index is -0.252. The standard InChI is InChI=1S/C20H32N4O2.HI/c1-20(2,26-4)15-23-19(21-3)22-12-7-10-18(25)24-13-11-16-8-5-6-9-17(16)14-24;/h5-6,8-9H,7,10-15H2,1-4H3,(H2,21,22,23);1H. The number of methoxy groups -OCH3 is 1. The predicted molar refractivity (Wildman–Crippen MR) is 121 cm³/mol. The molecule has 0 aliphatic carbocycles. The van der Waals surface area contributed by atoms with Crippen LogP contribution < -0.4 is 10.6 Å². The van der Waals surface area contributed by atoms with Crippen molar-refractivity contribution in [1.29, 1.82) is 0 Å². The molecule has 0 radical (unpaired) electrons. The Balaban J connectivity index is 0.00000364. The number of fused-ring (bicyclic) bond motifs is 1. The van der Waals surface area contributed by atoms with Gasteiger partial charge in [-0.3, -0.25) is 9.79 Å². The molecule has 0 fully saturated rings. The molecule has 2 N–H and O–H groups in total. The highest BCUT2D eigenvalue weighted by Crippen LogP contribution is 2.19. The Labute approximate surface area is 180 Å². The predicted octanol–water partition coefficient (Wildman–Crippen LogP) is 2.56. The van der Waals surface area contributed by atoms with Crippen LogP contribution in [0.3, 0.4) is 0 Å². The van der Waals surface area contributed by atoms with Crippen molar-refractivity contribution in [2.75, 3.05) is 33.8 Å². The van der Waals surface area contributed by atoms with Gasteiger partial charge in [-0.05, 0) is 37.8 Å². The molecule has 0 saturated carbocycles. The zero-order valence-electron chi connectivity index (χ0n) is 16.9. The summed E-state index contributed by atoms with van der Waals surface area (Å²) in [6.07, 6.45) is 2.28. The Morgan fingerprint density at radius 3 is 2.63 bits per heavy atom. The lowest BCUT2D eigenvalue weighted by Crippen LogP contribution is -2.45. The van der Waals surface area contributed by atoms with E-state index in [1.54, 1.807) is 14.2 Å². The Hall–Kier alpha value is -1.35. The van der Waals surface area contributed by atoms with E-state index < -0.39 is 0 Å². The highest BCUT2D eigenvalue weighted by molar-refractivity contribution is 14.0. The molecule has 2 rings (SSSR count). The molecule has 1 amide bonds. The monoisotopic (exact) mass is 488 g/mol. The van der Waals surface area contributed by atoms with Crippen molar-refractivity contribution in [2.24, 2.45) is 4.99 Å². The number of hydrogen-bond donors (Lipinski definition) is 2. The molecule has 0 unspecified atom stereocenters. The van der Waals surface area contributed by atoms with Crippen molar-refractivity contribution in [3.63, 3.8) is 0 Å². The smallest absolute Gasteiger partial charge is 0.222 e. The Morgan fingerprint density at radius 1 is 1.26 bits per heavy atom. The van der Waals surface area contributed by atoms with Crippen LogP contribution in [0.1, 0.15) is 37.8 Å². The topological polar surface area (TPSA) is 66.0 Å². The molecular weight excluding hydrogens is 455 g/mol. The van der Waals surface area contributed by atoms with Crippen molar-refractivity contribution >= 4 is 35.8 Å². The van der Waals surface area contributed by atoms with E-state index in [2.05, 4.69) is 33.8 Å². The zero-order chi connectivity index (χ0) is 19.0. The van der Waals surface area contributed by atoms with Crippen LogP contribution in [0.2, 0.25) is 0 Å². The van der Waals surface area contributed by atoms with Gasteiger partial charge in [-0.15, -0.1) is 24.0 Å². The third kappa shape index (κ3) is 7.65. The van der Waals surface area contributed by atoms with Crippen molar-refractivity contribution < 1.29 is 9.53 Å². The summed E-state index contributed by atoms with van der Waals surface area (Å²) >= 11 is 0. The van der Waals surface area contributed by atoms with E-state index in [1.807, 2.05) is 24.8 Å². The largest absolute Gasteiger partial charge is 0.377 e. The fourth-order valence-electron chi connectivity index (χ4n) is 2.90. The maximum atomic E-state index is 12.5. The number of ether oxygens (including phenoxy) is 1. The van der Waals surface area contributed by atoms with Crippen LogP contribution in [0.15, 0.2) is 29.3 Å². The Kier molecular flexibility index (Phi) is 10.1. The molecule has 1 heterocycles. The zero-order valence-corrected chi connectivity index (χ0v) is 19.2. The van der Waals surface area contributed by atoms with Gasteiger partial charge in [0.1, 0.15) is 0 Å². The molecule has 6 nitrogen and oxygen atoms in total. The fourth-order valence-corrected chi connectivity index (χ4v) is 2.90. The van der Waals surface area contributed by atoms with Crippen LogP contribution in [-0.2, 0) is 22.5 Å². The van der Waals surface area contributed by atoms with Crippen LogP contribution in [-0.4, -0.2) is 56.2 Å². The molecule has 0 aromatic heterocycles. The molecule has 0 atom stereocenters. The van der Waals surface area contributed by atoms with Gasteiger partial charge >= 0.3 is 0 Å². The summed E-state index contributed by atoms with van der Waals surface area (Å²) < 4.78 is 5.39. The minimum absolute atomic E-state index is 0. The van der Waals surface area contributed by atoms with E-state index in [0.29, 0.717) is 19.5 Å². The molecular formula is C20H33IN4O2. The average Bonchev–Trinajstić information content (AvgIpc) is 2.66. The highest BCUT2D eigenvalue weighted by atomic mass is 127. The lowest BCUT2D eigenvalue weighted by atomic mass is 9.99. The number of benzene rings is 1. The molecule has 0 spiro atoms. The number of halogens is 1. The third-order valence-electron chi connectivity index (χ3n) is 4.80. The second-order valence-electron chi connectivity index (χ2n) is 7.25. The average molecular weight is 488 g/mol. The first kappa shape index (κ1) is 23.7. The number of carbonyl (C=O) groups is 1. The molecule has 152 valence electrons. The van der Waals surface area contributed by atoms with Crippen LogP contribution in [0.4, 0.5) is 0 Å². The van der Waals surface area contributed by atoms with Gasteiger partial charge in [-0.25, -0.2) is 0 Å². The highest BCUT2D eigenvalue weighted by Gasteiger charge is 2.20. The molecule has 1 aliphatic heterocycles. The van der Waals surface area contributed by atoms with Gasteiger partial charge in [-0.2, -0.15) is 0 Å². The first-order valence-electron chi connectivity index (χ1n) is 9.29. The van der Waals surface area contributed by atoms with Crippen molar-refractivity contribution in [3.05, 3.63) is 35.4 Å². The van der Waals surface area contributed by atoms with Gasteiger partial charge in [0.15, 0.2) is 5.96 Å². The number of aliphatic imine (C=N–C) groups is 1. The lowest BCUT2D eigenvalue weighted by molar-refractivity contribution is -0.132. The van der Waals surface area contributed by atoms with Gasteiger partial charge in [0.2, 0.25) is 5.91 Å². The maximum Gasteiger partial charge on any atom is 0.222 e. The third-order valence-corrected chi connectivity index (χ3v) is 4.80. The molecule has 0 bridgehead atoms. The molecule has 1 aromatic rings. The number of nitrogens with one attached hydrogen (secondary N) is 2. The fraction of sp³-hybridized carbons (Fsp3) is 0.600. The van der Waals surface area contributed by atoms with Crippen LogP contribution in [0.25, 0.3) is 0 Å². The Morgan fingerprint density at radius 2 is 1.96 bits per heavy atom. The summed E-state index contributed by atoms with van der Waals surface area (Å²) in [6.45, 7) is 6.96. The number of guanidine groups is 1.